The van der Waals surface area contributed by atoms with Crippen molar-refractivity contribution in [2.45, 2.75) is 19.9 Å². The largest absolute Gasteiger partial charge is 0.310 e. The number of benzene rings is 2. The van der Waals surface area contributed by atoms with Gasteiger partial charge in [-0.25, -0.2) is 13.4 Å². The van der Waals surface area contributed by atoms with Crippen molar-refractivity contribution in [3.8, 4) is 0 Å². The highest BCUT2D eigenvalue weighted by atomic mass is 32.2. The molecule has 0 spiro atoms. The van der Waals surface area contributed by atoms with Crippen molar-refractivity contribution in [3.63, 3.8) is 0 Å². The Morgan fingerprint density at radius 1 is 1.15 bits per heavy atom. The summed E-state index contributed by atoms with van der Waals surface area (Å²) >= 11 is 0. The first-order valence-electron chi connectivity index (χ1n) is 8.22. The second-order valence-corrected chi connectivity index (χ2v) is 7.73. The summed E-state index contributed by atoms with van der Waals surface area (Å²) in [5.74, 6) is 0.120. The summed E-state index contributed by atoms with van der Waals surface area (Å²) in [5.41, 5.74) is 2.44. The van der Waals surface area contributed by atoms with Crippen LogP contribution in [-0.2, 0) is 16.6 Å². The number of hydrogen-bond donors (Lipinski definition) is 2. The number of fused-ring (bicyclic) bond motifs is 1. The molecule has 26 heavy (non-hydrogen) atoms. The van der Waals surface area contributed by atoms with Gasteiger partial charge in [0.25, 0.3) is 5.91 Å². The molecule has 0 saturated heterocycles. The predicted octanol–water partition coefficient (Wildman–Crippen LogP) is 3.07. The van der Waals surface area contributed by atoms with Crippen LogP contribution in [0.5, 0.6) is 0 Å². The van der Waals surface area contributed by atoms with Gasteiger partial charge in [-0.15, -0.1) is 0 Å². The van der Waals surface area contributed by atoms with Gasteiger partial charge in [-0.05, 0) is 36.8 Å². The number of para-hydroxylation sites is 2. The molecule has 0 unspecified atom stereocenters. The summed E-state index contributed by atoms with van der Waals surface area (Å²) in [4.78, 5) is 17.1. The molecule has 3 rings (SSSR count). The first kappa shape index (κ1) is 17.9. The Hall–Kier alpha value is -2.87. The zero-order chi connectivity index (χ0) is 18.7. The van der Waals surface area contributed by atoms with Crippen molar-refractivity contribution in [2.24, 2.45) is 0 Å². The molecule has 2 aromatic carbocycles. The molecular formula is C18H20N4O3S. The average molecular weight is 372 g/mol. The summed E-state index contributed by atoms with van der Waals surface area (Å²) in [5, 5.41) is 2.83. The molecule has 136 valence electrons. The van der Waals surface area contributed by atoms with Crippen LogP contribution in [0.15, 0.2) is 48.5 Å². The Kier molecular flexibility index (Phi) is 4.94. The molecule has 7 nitrogen and oxygen atoms in total. The predicted molar refractivity (Wildman–Crippen MR) is 103 cm³/mol. The molecule has 0 saturated carbocycles. The molecule has 1 heterocycles. The van der Waals surface area contributed by atoms with Gasteiger partial charge in [0.05, 0.1) is 17.3 Å². The van der Waals surface area contributed by atoms with Crippen molar-refractivity contribution >= 4 is 38.6 Å². The van der Waals surface area contributed by atoms with E-state index >= 15 is 0 Å². The number of rotatable bonds is 6. The van der Waals surface area contributed by atoms with Crippen molar-refractivity contribution in [1.82, 2.24) is 9.55 Å². The van der Waals surface area contributed by atoms with Gasteiger partial charge in [-0.3, -0.25) is 14.8 Å². The van der Waals surface area contributed by atoms with Gasteiger partial charge in [-0.1, -0.05) is 25.1 Å². The minimum absolute atomic E-state index is 0.335. The van der Waals surface area contributed by atoms with E-state index < -0.39 is 10.0 Å². The number of anilines is 2. The van der Waals surface area contributed by atoms with Crippen LogP contribution in [0.4, 0.5) is 11.6 Å². The van der Waals surface area contributed by atoms with E-state index in [1.807, 2.05) is 28.8 Å². The summed E-state index contributed by atoms with van der Waals surface area (Å²) in [6, 6.07) is 14.0. The summed E-state index contributed by atoms with van der Waals surface area (Å²) in [6.45, 7) is 2.78. The number of aryl methyl sites for hydroxylation is 1. The van der Waals surface area contributed by atoms with E-state index in [2.05, 4.69) is 21.9 Å². The zero-order valence-corrected chi connectivity index (χ0v) is 15.4. The third-order valence-corrected chi connectivity index (χ3v) is 4.36. The van der Waals surface area contributed by atoms with Gasteiger partial charge >= 0.3 is 0 Å². The van der Waals surface area contributed by atoms with Crippen molar-refractivity contribution in [1.29, 1.82) is 0 Å². The lowest BCUT2D eigenvalue weighted by Gasteiger charge is -2.10. The van der Waals surface area contributed by atoms with E-state index in [-0.39, 0.29) is 5.91 Å². The summed E-state index contributed by atoms with van der Waals surface area (Å²) in [6.07, 6.45) is 1.96. The molecule has 0 aliphatic carbocycles. The van der Waals surface area contributed by atoms with Crippen LogP contribution >= 0.6 is 0 Å². The normalized spacial score (nSPS) is 11.5. The van der Waals surface area contributed by atoms with Gasteiger partial charge in [-0.2, -0.15) is 0 Å². The number of imidazole rings is 1. The third-order valence-electron chi connectivity index (χ3n) is 3.76. The number of carbonyl (C=O) groups is 1. The van der Waals surface area contributed by atoms with Crippen LogP contribution in [0, 0.1) is 0 Å². The maximum Gasteiger partial charge on any atom is 0.258 e. The molecule has 2 N–H and O–H groups in total. The fraction of sp³-hybridized carbons (Fsp3) is 0.222. The van der Waals surface area contributed by atoms with Gasteiger partial charge in [0.15, 0.2) is 0 Å². The van der Waals surface area contributed by atoms with E-state index in [9.17, 15) is 13.2 Å². The fourth-order valence-electron chi connectivity index (χ4n) is 2.73. The van der Waals surface area contributed by atoms with Gasteiger partial charge in [0.1, 0.15) is 0 Å². The number of nitrogens with zero attached hydrogens (tertiary/aromatic N) is 2. The van der Waals surface area contributed by atoms with Gasteiger partial charge in [0, 0.05) is 17.8 Å². The van der Waals surface area contributed by atoms with Crippen molar-refractivity contribution < 1.29 is 13.2 Å². The minimum atomic E-state index is -3.41. The van der Waals surface area contributed by atoms with E-state index in [0.717, 1.165) is 30.3 Å². The number of sulfonamides is 1. The lowest BCUT2D eigenvalue weighted by molar-refractivity contribution is 0.102. The van der Waals surface area contributed by atoms with Crippen LogP contribution in [-0.4, -0.2) is 30.1 Å². The van der Waals surface area contributed by atoms with Gasteiger partial charge < -0.3 is 4.57 Å². The Morgan fingerprint density at radius 3 is 2.65 bits per heavy atom. The molecular weight excluding hydrogens is 352 g/mol. The van der Waals surface area contributed by atoms with Crippen LogP contribution in [0.25, 0.3) is 11.0 Å². The highest BCUT2D eigenvalue weighted by Crippen LogP contribution is 2.21. The standard InChI is InChI=1S/C18H20N4O3S/c1-3-11-22-16-10-5-4-9-15(16)19-18(22)20-17(23)13-7-6-8-14(12-13)21-26(2,24)25/h4-10,12,21H,3,11H2,1-2H3,(H,19,20,23). The molecule has 0 fully saturated rings. The Morgan fingerprint density at radius 2 is 1.92 bits per heavy atom. The van der Waals surface area contributed by atoms with E-state index in [0.29, 0.717) is 17.2 Å². The number of hydrogen-bond acceptors (Lipinski definition) is 4. The number of nitrogens with one attached hydrogen (secondary N) is 2. The van der Waals surface area contributed by atoms with E-state index in [1.54, 1.807) is 18.2 Å². The summed E-state index contributed by atoms with van der Waals surface area (Å²) in [7, 11) is -3.41. The Bertz CT molecular complexity index is 1060. The molecule has 0 bridgehead atoms. The zero-order valence-electron chi connectivity index (χ0n) is 14.6. The smallest absolute Gasteiger partial charge is 0.258 e. The van der Waals surface area contributed by atoms with E-state index in [1.165, 1.54) is 6.07 Å². The lowest BCUT2D eigenvalue weighted by atomic mass is 10.2. The van der Waals surface area contributed by atoms with Gasteiger partial charge in [0.2, 0.25) is 16.0 Å². The van der Waals surface area contributed by atoms with Crippen LogP contribution < -0.4 is 10.0 Å². The highest BCUT2D eigenvalue weighted by Gasteiger charge is 2.14. The quantitative estimate of drug-likeness (QED) is 0.695. The maximum absolute atomic E-state index is 12.6. The topological polar surface area (TPSA) is 93.1 Å². The molecule has 0 aliphatic rings. The summed E-state index contributed by atoms with van der Waals surface area (Å²) < 4.78 is 27.1. The second-order valence-electron chi connectivity index (χ2n) is 5.98. The second kappa shape index (κ2) is 7.17. The number of amides is 1. The lowest BCUT2D eigenvalue weighted by Crippen LogP contribution is -2.17. The number of aromatic nitrogens is 2. The SMILES string of the molecule is CCCn1c(NC(=O)c2cccc(NS(C)(=O)=O)c2)nc2ccccc21. The molecule has 1 aromatic heterocycles. The van der Waals surface area contributed by atoms with Crippen LogP contribution in [0.1, 0.15) is 23.7 Å². The Labute approximate surface area is 152 Å². The maximum atomic E-state index is 12.6. The fourth-order valence-corrected chi connectivity index (χ4v) is 3.29. The first-order chi connectivity index (χ1) is 12.4. The molecule has 0 atom stereocenters. The molecule has 8 heteroatoms. The first-order valence-corrected chi connectivity index (χ1v) is 10.1. The molecule has 0 radical (unpaired) electrons. The van der Waals surface area contributed by atoms with Crippen LogP contribution in [0.2, 0.25) is 0 Å². The average Bonchev–Trinajstić information content (AvgIpc) is 2.91. The van der Waals surface area contributed by atoms with Crippen molar-refractivity contribution in [2.75, 3.05) is 16.3 Å². The van der Waals surface area contributed by atoms with Crippen LogP contribution in [0.3, 0.4) is 0 Å². The van der Waals surface area contributed by atoms with Crippen molar-refractivity contribution in [3.05, 3.63) is 54.1 Å². The Balaban J connectivity index is 1.90. The molecule has 0 aliphatic heterocycles. The number of carbonyl (C=O) groups excluding carboxylic acids is 1. The van der Waals surface area contributed by atoms with E-state index in [4.69, 9.17) is 0 Å². The molecule has 3 aromatic rings. The minimum Gasteiger partial charge on any atom is -0.310 e. The highest BCUT2D eigenvalue weighted by molar-refractivity contribution is 7.92. The third kappa shape index (κ3) is 4.02. The monoisotopic (exact) mass is 372 g/mol. The molecule has 1 amide bonds.